The van der Waals surface area contributed by atoms with Gasteiger partial charge in [0.25, 0.3) is 5.56 Å². The van der Waals surface area contributed by atoms with Gasteiger partial charge in [0.05, 0.1) is 10.9 Å². The molecule has 0 unspecified atom stereocenters. The monoisotopic (exact) mass is 347 g/mol. The van der Waals surface area contributed by atoms with E-state index in [2.05, 4.69) is 4.98 Å². The van der Waals surface area contributed by atoms with Crippen LogP contribution in [0, 0.1) is 5.41 Å². The molecule has 0 fully saturated rings. The molecule has 0 spiro atoms. The Balaban J connectivity index is 2.29. The topological polar surface area (TPSA) is 89.2 Å². The second kappa shape index (κ2) is 5.64. The zero-order chi connectivity index (χ0) is 17.6. The molecule has 0 saturated carbocycles. The number of nitrogens with zero attached hydrogens (tertiary/aromatic N) is 3. The van der Waals surface area contributed by atoms with Gasteiger partial charge in [0.15, 0.2) is 5.65 Å². The Hall–Kier alpha value is -3.32. The first-order valence-corrected chi connectivity index (χ1v) is 7.96. The summed E-state index contributed by atoms with van der Waals surface area (Å²) in [5, 5.41) is 8.87. The third-order valence-corrected chi connectivity index (χ3v) is 4.23. The molecule has 7 heteroatoms. The highest BCUT2D eigenvalue weighted by Crippen LogP contribution is 2.15. The van der Waals surface area contributed by atoms with Gasteiger partial charge in [-0.05, 0) is 30.3 Å². The minimum Gasteiger partial charge on any atom is -0.389 e. The molecule has 6 nitrogen and oxygen atoms in total. The second-order valence-corrected chi connectivity index (χ2v) is 5.96. The predicted octanol–water partition coefficient (Wildman–Crippen LogP) is 1.75. The van der Waals surface area contributed by atoms with Crippen LogP contribution in [0.1, 0.15) is 5.56 Å². The van der Waals surface area contributed by atoms with Crippen molar-refractivity contribution in [1.82, 2.24) is 14.0 Å². The van der Waals surface area contributed by atoms with E-state index in [1.54, 1.807) is 29.0 Å². The first-order chi connectivity index (χ1) is 12.1. The molecule has 122 valence electrons. The van der Waals surface area contributed by atoms with Gasteiger partial charge >= 0.3 is 0 Å². The molecular weight excluding hydrogens is 334 g/mol. The fourth-order valence-electron chi connectivity index (χ4n) is 2.84. The second-order valence-electron chi connectivity index (χ2n) is 5.52. The average Bonchev–Trinajstić information content (AvgIpc) is 2.62. The van der Waals surface area contributed by atoms with Gasteiger partial charge in [-0.3, -0.25) is 19.2 Å². The van der Waals surface area contributed by atoms with Gasteiger partial charge in [-0.15, -0.1) is 0 Å². The van der Waals surface area contributed by atoms with Crippen LogP contribution >= 0.6 is 12.2 Å². The molecule has 4 rings (SSSR count). The van der Waals surface area contributed by atoms with E-state index in [4.69, 9.17) is 23.4 Å². The number of thiocarbonyl (C=S) groups is 1. The Morgan fingerprint density at radius 2 is 1.84 bits per heavy atom. The molecule has 0 aliphatic rings. The van der Waals surface area contributed by atoms with Crippen LogP contribution in [0.4, 0.5) is 0 Å². The lowest BCUT2D eigenvalue weighted by atomic mass is 10.2. The van der Waals surface area contributed by atoms with E-state index < -0.39 is 0 Å². The number of hydrogen-bond acceptors (Lipinski definition) is 4. The fourth-order valence-corrected chi connectivity index (χ4v) is 3.00. The van der Waals surface area contributed by atoms with Crippen LogP contribution in [-0.2, 0) is 0 Å². The van der Waals surface area contributed by atoms with Gasteiger partial charge in [-0.1, -0.05) is 36.5 Å². The smallest absolute Gasteiger partial charge is 0.267 e. The number of fused-ring (bicyclic) bond motifs is 2. The Bertz CT molecular complexity index is 1260. The van der Waals surface area contributed by atoms with Crippen LogP contribution in [0.15, 0.2) is 65.6 Å². The Labute approximate surface area is 147 Å². The number of rotatable bonds is 2. The lowest BCUT2D eigenvalue weighted by Crippen LogP contribution is -2.31. The molecular formula is C18H13N5OS. The summed E-state index contributed by atoms with van der Waals surface area (Å²) in [6.07, 6.45) is 1.66. The lowest BCUT2D eigenvalue weighted by molar-refractivity contribution is 0.933. The van der Waals surface area contributed by atoms with Crippen LogP contribution in [0.3, 0.4) is 0 Å². The molecule has 0 radical (unpaired) electrons. The summed E-state index contributed by atoms with van der Waals surface area (Å²) in [7, 11) is 0. The zero-order valence-corrected chi connectivity index (χ0v) is 13.8. The average molecular weight is 347 g/mol. The van der Waals surface area contributed by atoms with Gasteiger partial charge in [-0.2, -0.15) is 0 Å². The summed E-state index contributed by atoms with van der Waals surface area (Å²) in [6, 6.07) is 16.2. The molecule has 3 heterocycles. The molecule has 4 aromatic rings. The van der Waals surface area contributed by atoms with E-state index in [-0.39, 0.29) is 16.0 Å². The van der Waals surface area contributed by atoms with Gasteiger partial charge < -0.3 is 5.73 Å². The van der Waals surface area contributed by atoms with Crippen molar-refractivity contribution >= 4 is 33.9 Å². The third kappa shape index (κ3) is 2.33. The number of nitrogens with one attached hydrogen (secondary N) is 1. The van der Waals surface area contributed by atoms with Crippen LogP contribution in [0.5, 0.6) is 0 Å². The summed E-state index contributed by atoms with van der Waals surface area (Å²) in [4.78, 5) is 17.6. The molecule has 25 heavy (non-hydrogen) atoms. The number of pyridine rings is 2. The first kappa shape index (κ1) is 15.2. The SMILES string of the molecule is N=c1c(C(N)=S)cc2c(=O)n3ccccc3nc2n1-c1ccccc1. The number of para-hydroxylation sites is 1. The van der Waals surface area contributed by atoms with E-state index in [9.17, 15) is 4.79 Å². The highest BCUT2D eigenvalue weighted by molar-refractivity contribution is 7.80. The van der Waals surface area contributed by atoms with Crippen LogP contribution in [0.25, 0.3) is 22.4 Å². The molecule has 1 aromatic carbocycles. The summed E-state index contributed by atoms with van der Waals surface area (Å²) in [5.41, 5.74) is 7.59. The van der Waals surface area contributed by atoms with E-state index >= 15 is 0 Å². The van der Waals surface area contributed by atoms with Gasteiger partial charge in [0, 0.05) is 11.9 Å². The molecule has 0 atom stereocenters. The Morgan fingerprint density at radius 1 is 1.12 bits per heavy atom. The van der Waals surface area contributed by atoms with E-state index in [1.165, 1.54) is 4.40 Å². The maximum absolute atomic E-state index is 12.9. The molecule has 3 aromatic heterocycles. The summed E-state index contributed by atoms with van der Waals surface area (Å²) in [6.45, 7) is 0. The minimum absolute atomic E-state index is 0.0640. The largest absolute Gasteiger partial charge is 0.389 e. The van der Waals surface area contributed by atoms with Crippen molar-refractivity contribution in [3.8, 4) is 5.69 Å². The summed E-state index contributed by atoms with van der Waals surface area (Å²) >= 11 is 5.08. The van der Waals surface area contributed by atoms with Crippen molar-refractivity contribution in [3.63, 3.8) is 0 Å². The zero-order valence-electron chi connectivity index (χ0n) is 13.0. The maximum atomic E-state index is 12.9. The van der Waals surface area contributed by atoms with Crippen molar-refractivity contribution in [1.29, 1.82) is 5.41 Å². The van der Waals surface area contributed by atoms with Gasteiger partial charge in [0.2, 0.25) is 0 Å². The third-order valence-electron chi connectivity index (χ3n) is 4.01. The maximum Gasteiger partial charge on any atom is 0.267 e. The standard InChI is InChI=1S/C18H13N5OS/c19-15-12(16(20)25)10-13-17(23(15)11-6-2-1-3-7-11)21-14-8-4-5-9-22(14)18(13)24/h1-10,19H,(H2,20,25). The fraction of sp³-hybridized carbons (Fsp3) is 0. The number of nitrogens with two attached hydrogens (primary N) is 1. The summed E-state index contributed by atoms with van der Waals surface area (Å²) in [5.74, 6) is 0. The van der Waals surface area contributed by atoms with Crippen molar-refractivity contribution in [2.24, 2.45) is 5.73 Å². The quantitative estimate of drug-likeness (QED) is 0.427. The summed E-state index contributed by atoms with van der Waals surface area (Å²) < 4.78 is 3.06. The normalized spacial score (nSPS) is 11.0. The van der Waals surface area contributed by atoms with Crippen LogP contribution < -0.4 is 16.8 Å². The van der Waals surface area contributed by atoms with E-state index in [0.717, 1.165) is 0 Å². The lowest BCUT2D eigenvalue weighted by Gasteiger charge is -2.14. The minimum atomic E-state index is -0.234. The van der Waals surface area contributed by atoms with Crippen molar-refractivity contribution in [2.75, 3.05) is 0 Å². The van der Waals surface area contributed by atoms with Crippen LogP contribution in [-0.4, -0.2) is 18.9 Å². The Morgan fingerprint density at radius 3 is 2.56 bits per heavy atom. The highest BCUT2D eigenvalue weighted by atomic mass is 32.1. The predicted molar refractivity (Wildman–Crippen MR) is 100 cm³/mol. The van der Waals surface area contributed by atoms with Crippen molar-refractivity contribution < 1.29 is 0 Å². The molecule has 0 amide bonds. The molecule has 0 bridgehead atoms. The molecule has 0 aliphatic carbocycles. The number of hydrogen-bond donors (Lipinski definition) is 2. The molecule has 0 aliphatic heterocycles. The van der Waals surface area contributed by atoms with Crippen molar-refractivity contribution in [3.05, 3.63) is 82.2 Å². The molecule has 0 saturated heterocycles. The molecule has 3 N–H and O–H groups in total. The van der Waals surface area contributed by atoms with E-state index in [1.807, 2.05) is 36.4 Å². The van der Waals surface area contributed by atoms with Gasteiger partial charge in [-0.25, -0.2) is 4.98 Å². The Kier molecular flexibility index (Phi) is 3.43. The van der Waals surface area contributed by atoms with Gasteiger partial charge in [0.1, 0.15) is 16.1 Å². The first-order valence-electron chi connectivity index (χ1n) is 7.55. The number of aromatic nitrogens is 3. The van der Waals surface area contributed by atoms with Crippen molar-refractivity contribution in [2.45, 2.75) is 0 Å². The highest BCUT2D eigenvalue weighted by Gasteiger charge is 2.15. The number of benzene rings is 1. The van der Waals surface area contributed by atoms with Crippen LogP contribution in [0.2, 0.25) is 0 Å². The van der Waals surface area contributed by atoms with E-state index in [0.29, 0.717) is 27.9 Å².